The molecule has 21 heteroatoms. The number of hydrogen-bond acceptors (Lipinski definition) is 6. The van der Waals surface area contributed by atoms with Gasteiger partial charge in [0.25, 0.3) is 6.43 Å². The highest BCUT2D eigenvalue weighted by atomic mass is 19.3. The lowest BCUT2D eigenvalue weighted by Crippen LogP contribution is -2.98. The maximum atomic E-state index is 15.2. The van der Waals surface area contributed by atoms with Crippen LogP contribution in [0.2, 0.25) is 0 Å². The van der Waals surface area contributed by atoms with Crippen molar-refractivity contribution >= 4 is 17.9 Å². The van der Waals surface area contributed by atoms with E-state index in [1.165, 1.54) is 0 Å². The number of alkyl halides is 15. The van der Waals surface area contributed by atoms with E-state index in [4.69, 9.17) is 0 Å². The number of rotatable bonds is 8. The van der Waals surface area contributed by atoms with Crippen LogP contribution in [0.5, 0.6) is 0 Å². The number of fused-ring (bicyclic) bond motifs is 2. The largest absolute Gasteiger partial charge is 0.462 e. The first-order valence-electron chi connectivity index (χ1n) is 10.4. The van der Waals surface area contributed by atoms with Crippen molar-refractivity contribution in [1.29, 1.82) is 0 Å². The molecule has 0 spiro atoms. The summed E-state index contributed by atoms with van der Waals surface area (Å²) in [5, 5.41) is 0. The summed E-state index contributed by atoms with van der Waals surface area (Å²) in [6.07, 6.45) is -6.17. The third-order valence-electron chi connectivity index (χ3n) is 6.77. The molecule has 0 amide bonds. The second-order valence-electron chi connectivity index (χ2n) is 9.13. The molecule has 2 aliphatic carbocycles. The Morgan fingerprint density at radius 1 is 0.659 bits per heavy atom. The standard InChI is InChI=1S/C20H15F15O6/c1-7(2)10(38)40-5-8(36)39-4-9(37)41-6-13-16(26,27)12(3,23)17(28,29)15(25,19(13,32)33)20(34,35)14(24,11(21)22)18(13,30)31/h11H,1,4-6H2,2-3H3. The van der Waals surface area contributed by atoms with Crippen LogP contribution in [0.25, 0.3) is 0 Å². The maximum Gasteiger partial charge on any atom is 0.344 e. The molecule has 2 bridgehead atoms. The molecule has 2 aliphatic rings. The molecule has 236 valence electrons. The van der Waals surface area contributed by atoms with Crippen LogP contribution in [0.1, 0.15) is 13.8 Å². The van der Waals surface area contributed by atoms with Crippen molar-refractivity contribution in [2.45, 2.75) is 66.9 Å². The summed E-state index contributed by atoms with van der Waals surface area (Å²) in [6.45, 7) is -4.26. The minimum absolute atomic E-state index is 0.285. The van der Waals surface area contributed by atoms with Crippen LogP contribution in [0.15, 0.2) is 12.2 Å². The van der Waals surface area contributed by atoms with Crippen molar-refractivity contribution in [3.8, 4) is 0 Å². The van der Waals surface area contributed by atoms with E-state index in [-0.39, 0.29) is 5.57 Å². The van der Waals surface area contributed by atoms with Crippen LogP contribution in [-0.2, 0) is 28.6 Å². The Kier molecular flexibility index (Phi) is 7.78. The van der Waals surface area contributed by atoms with Gasteiger partial charge in [-0.1, -0.05) is 6.58 Å². The van der Waals surface area contributed by atoms with Gasteiger partial charge in [-0.3, -0.25) is 0 Å². The number of carbonyl (C=O) groups excluding carboxylic acids is 3. The van der Waals surface area contributed by atoms with Gasteiger partial charge in [-0.25, -0.2) is 62.7 Å². The lowest BCUT2D eigenvalue weighted by atomic mass is 9.44. The van der Waals surface area contributed by atoms with E-state index < -0.39 is 103 Å². The molecule has 0 heterocycles. The monoisotopic (exact) mass is 636 g/mol. The molecule has 0 radical (unpaired) electrons. The first kappa shape index (κ1) is 34.3. The summed E-state index contributed by atoms with van der Waals surface area (Å²) in [6, 6.07) is 0. The van der Waals surface area contributed by atoms with E-state index in [1.807, 2.05) is 0 Å². The zero-order valence-corrected chi connectivity index (χ0v) is 20.0. The summed E-state index contributed by atoms with van der Waals surface area (Å²) in [4.78, 5) is 34.3. The molecule has 0 N–H and O–H groups in total. The van der Waals surface area contributed by atoms with E-state index >= 15 is 30.7 Å². The lowest BCUT2D eigenvalue weighted by Gasteiger charge is -2.68. The molecule has 0 saturated heterocycles. The van der Waals surface area contributed by atoms with Gasteiger partial charge < -0.3 is 14.2 Å². The zero-order chi connectivity index (χ0) is 32.6. The van der Waals surface area contributed by atoms with E-state index in [0.29, 0.717) is 0 Å². The number of carbonyl (C=O) groups is 3. The van der Waals surface area contributed by atoms with Gasteiger partial charge in [0.2, 0.25) is 11.1 Å². The fourth-order valence-electron chi connectivity index (χ4n) is 4.36. The summed E-state index contributed by atoms with van der Waals surface area (Å²) < 4.78 is 232. The average Bonchev–Trinajstić information content (AvgIpc) is 2.82. The normalized spacial score (nSPS) is 35.8. The highest BCUT2D eigenvalue weighted by Crippen LogP contribution is 2.83. The van der Waals surface area contributed by atoms with Crippen molar-refractivity contribution in [2.24, 2.45) is 5.41 Å². The van der Waals surface area contributed by atoms with Gasteiger partial charge in [0.15, 0.2) is 13.2 Å². The summed E-state index contributed by atoms with van der Waals surface area (Å²) in [5.41, 5.74) is -29.3. The smallest absolute Gasteiger partial charge is 0.344 e. The predicted octanol–water partition coefficient (Wildman–Crippen LogP) is 4.79. The molecule has 41 heavy (non-hydrogen) atoms. The molecule has 4 atom stereocenters. The average molecular weight is 636 g/mol. The summed E-state index contributed by atoms with van der Waals surface area (Å²) >= 11 is 0. The van der Waals surface area contributed by atoms with Crippen LogP contribution < -0.4 is 0 Å². The molecule has 4 unspecified atom stereocenters. The van der Waals surface area contributed by atoms with Crippen molar-refractivity contribution in [3.05, 3.63) is 12.2 Å². The van der Waals surface area contributed by atoms with Crippen molar-refractivity contribution in [1.82, 2.24) is 0 Å². The van der Waals surface area contributed by atoms with E-state index in [9.17, 15) is 49.5 Å². The van der Waals surface area contributed by atoms with Gasteiger partial charge in [0, 0.05) is 5.57 Å². The van der Waals surface area contributed by atoms with Crippen molar-refractivity contribution in [2.75, 3.05) is 19.8 Å². The summed E-state index contributed by atoms with van der Waals surface area (Å²) in [7, 11) is 0. The Morgan fingerprint density at radius 2 is 1.10 bits per heavy atom. The van der Waals surface area contributed by atoms with Crippen LogP contribution >= 0.6 is 0 Å². The third-order valence-corrected chi connectivity index (χ3v) is 6.77. The number of hydrogen-bond donors (Lipinski definition) is 0. The Morgan fingerprint density at radius 3 is 1.54 bits per heavy atom. The quantitative estimate of drug-likeness (QED) is 0.165. The lowest BCUT2D eigenvalue weighted by molar-refractivity contribution is -0.548. The Bertz CT molecular complexity index is 1130. The number of halogens is 15. The third kappa shape index (κ3) is 3.57. The first-order chi connectivity index (χ1) is 18.1. The Balaban J connectivity index is 2.66. The molecule has 0 aromatic heterocycles. The minimum atomic E-state index is -8.00. The molecule has 2 rings (SSSR count). The highest BCUT2D eigenvalue weighted by Gasteiger charge is 3.12. The summed E-state index contributed by atoms with van der Waals surface area (Å²) in [5.74, 6) is -43.9. The fraction of sp³-hybridized carbons (Fsp3) is 0.750. The predicted molar refractivity (Wildman–Crippen MR) is 98.1 cm³/mol. The highest BCUT2D eigenvalue weighted by molar-refractivity contribution is 5.88. The van der Waals surface area contributed by atoms with Crippen LogP contribution in [0, 0.1) is 5.41 Å². The molecule has 6 nitrogen and oxygen atoms in total. The van der Waals surface area contributed by atoms with Crippen LogP contribution in [0.3, 0.4) is 0 Å². The van der Waals surface area contributed by atoms with E-state index in [0.717, 1.165) is 6.92 Å². The van der Waals surface area contributed by atoms with E-state index in [2.05, 4.69) is 20.8 Å². The van der Waals surface area contributed by atoms with Gasteiger partial charge >= 0.3 is 58.9 Å². The molecular formula is C20H15F15O6. The minimum Gasteiger partial charge on any atom is -0.462 e. The van der Waals surface area contributed by atoms with Gasteiger partial charge in [-0.05, 0) is 13.8 Å². The Hall–Kier alpha value is -2.90. The van der Waals surface area contributed by atoms with Crippen molar-refractivity contribution in [3.63, 3.8) is 0 Å². The SMILES string of the molecule is C=C(C)C(=O)OCC(=O)OCC(=O)OCC12C(F)(F)C(C)(F)C(F)(F)C(F)(C(F)(F)C(F)(C(F)F)C1(F)F)C2(F)F. The molecular weight excluding hydrogens is 621 g/mol. The fourth-order valence-corrected chi connectivity index (χ4v) is 4.36. The molecule has 0 aromatic rings. The number of ether oxygens (including phenoxy) is 3. The molecule has 0 aromatic carbocycles. The second kappa shape index (κ2) is 9.30. The maximum absolute atomic E-state index is 15.2. The van der Waals surface area contributed by atoms with Crippen LogP contribution in [0.4, 0.5) is 65.9 Å². The molecule has 2 saturated carbocycles. The molecule has 0 aliphatic heterocycles. The van der Waals surface area contributed by atoms with Gasteiger partial charge in [0.05, 0.1) is 0 Å². The van der Waals surface area contributed by atoms with Crippen molar-refractivity contribution < 1.29 is 94.5 Å². The van der Waals surface area contributed by atoms with E-state index in [1.54, 1.807) is 0 Å². The zero-order valence-electron chi connectivity index (χ0n) is 20.0. The van der Waals surface area contributed by atoms with Gasteiger partial charge in [-0.15, -0.1) is 0 Å². The second-order valence-corrected chi connectivity index (χ2v) is 9.13. The Labute approximate surface area is 217 Å². The van der Waals surface area contributed by atoms with Gasteiger partial charge in [0.1, 0.15) is 6.61 Å². The molecule has 2 fully saturated rings. The topological polar surface area (TPSA) is 78.9 Å². The first-order valence-corrected chi connectivity index (χ1v) is 10.4. The van der Waals surface area contributed by atoms with Crippen LogP contribution in [-0.4, -0.2) is 90.8 Å². The van der Waals surface area contributed by atoms with Gasteiger partial charge in [-0.2, -0.15) is 17.6 Å². The number of esters is 3.